The van der Waals surface area contributed by atoms with Crippen LogP contribution in [0.4, 0.5) is 0 Å². The van der Waals surface area contributed by atoms with Crippen molar-refractivity contribution in [2.24, 2.45) is 0 Å². The van der Waals surface area contributed by atoms with Crippen LogP contribution in [0.25, 0.3) is 22.0 Å². The Hall–Kier alpha value is -5.93. The summed E-state index contributed by atoms with van der Waals surface area (Å²) < 4.78 is 0. The van der Waals surface area contributed by atoms with Crippen LogP contribution >= 0.6 is 0 Å². The second-order valence-corrected chi connectivity index (χ2v) is 16.4. The van der Waals surface area contributed by atoms with Gasteiger partial charge in [0, 0.05) is 128 Å². The van der Waals surface area contributed by atoms with Gasteiger partial charge in [-0.15, -0.1) is 0 Å². The van der Waals surface area contributed by atoms with E-state index in [0.717, 1.165) is 30.3 Å². The van der Waals surface area contributed by atoms with Crippen molar-refractivity contribution in [1.82, 2.24) is 54.9 Å². The molecule has 20 nitrogen and oxygen atoms in total. The van der Waals surface area contributed by atoms with Gasteiger partial charge in [0.2, 0.25) is 11.8 Å². The molecule has 0 atom stereocenters. The minimum atomic E-state index is -0.986. The Bertz CT molecular complexity index is 2110. The number of pyridine rings is 2. The average molecular weight is 886 g/mol. The van der Waals surface area contributed by atoms with E-state index in [-0.39, 0.29) is 62.0 Å². The van der Waals surface area contributed by atoms with E-state index in [1.54, 1.807) is 45.3 Å². The minimum absolute atomic E-state index is 0.0406. The molecule has 3 fully saturated rings. The van der Waals surface area contributed by atoms with Crippen molar-refractivity contribution in [3.05, 3.63) is 60.0 Å². The molecule has 0 radical (unpaired) electrons. The molecule has 5 heterocycles. The largest absolute Gasteiger partial charge is 0.480 e. The van der Waals surface area contributed by atoms with Gasteiger partial charge in [0.1, 0.15) is 12.0 Å². The first-order chi connectivity index (χ1) is 30.9. The molecular weight excluding hydrogens is 827 g/mol. The first-order valence-corrected chi connectivity index (χ1v) is 21.9. The van der Waals surface area contributed by atoms with E-state index < -0.39 is 11.9 Å². The van der Waals surface area contributed by atoms with Crippen molar-refractivity contribution < 1.29 is 43.8 Å². The third kappa shape index (κ3) is 14.0. The molecule has 3 saturated heterocycles. The maximum absolute atomic E-state index is 13.5. The van der Waals surface area contributed by atoms with Crippen LogP contribution in [-0.2, 0) is 24.0 Å². The van der Waals surface area contributed by atoms with Gasteiger partial charge in [0.25, 0.3) is 11.8 Å². The summed E-state index contributed by atoms with van der Waals surface area (Å²) in [4.78, 5) is 109. The summed E-state index contributed by atoms with van der Waals surface area (Å²) in [6.07, 6.45) is 5.94. The number of aliphatic carboxylic acids is 2. The van der Waals surface area contributed by atoms with Crippen LogP contribution in [0, 0.1) is 0 Å². The molecule has 344 valence electrons. The number of fused-ring (bicyclic) bond motifs is 1. The van der Waals surface area contributed by atoms with E-state index in [1.165, 1.54) is 0 Å². The molecule has 3 aliphatic rings. The monoisotopic (exact) mass is 885 g/mol. The summed E-state index contributed by atoms with van der Waals surface area (Å²) in [5, 5.41) is 25.2. The quantitative estimate of drug-likeness (QED) is 0.128. The molecule has 2 aromatic heterocycles. The highest BCUT2D eigenvalue weighted by Crippen LogP contribution is 2.26. The molecule has 4 amide bonds. The number of hydrogen-bond acceptors (Lipinski definition) is 14. The number of carboxylic acid groups (broad SMARTS) is 2. The molecule has 4 N–H and O–H groups in total. The van der Waals surface area contributed by atoms with Crippen molar-refractivity contribution >= 4 is 52.8 Å². The summed E-state index contributed by atoms with van der Waals surface area (Å²) >= 11 is 0. The lowest BCUT2D eigenvalue weighted by molar-refractivity contribution is -0.140. The lowest BCUT2D eigenvalue weighted by Gasteiger charge is -2.36. The van der Waals surface area contributed by atoms with E-state index in [2.05, 4.69) is 25.5 Å². The molecule has 0 unspecified atom stereocenters. The van der Waals surface area contributed by atoms with Gasteiger partial charge in [0.15, 0.2) is 0 Å². The third-order valence-corrected chi connectivity index (χ3v) is 12.0. The number of nitrogens with zero attached hydrogens (tertiary/aromatic N) is 9. The SMILES string of the molecule is O=CCN1CCN(CC(=O)O)CCN(CC(=O)O)CCN(CC(=O)N2CCN(CCNC(=O)c3ccc(-c4ccc5nccc(C(=O)NCC(=O)N6CCCC6)c5c4)cn3)CC2)CC1. The molecule has 0 saturated carbocycles. The molecule has 0 aliphatic carbocycles. The van der Waals surface area contributed by atoms with Crippen molar-refractivity contribution in [3.63, 3.8) is 0 Å². The number of benzene rings is 1. The summed E-state index contributed by atoms with van der Waals surface area (Å²) in [6.45, 7) is 7.87. The molecule has 6 rings (SSSR count). The lowest BCUT2D eigenvalue weighted by Crippen LogP contribution is -2.53. The molecule has 64 heavy (non-hydrogen) atoms. The summed E-state index contributed by atoms with van der Waals surface area (Å²) in [6, 6.07) is 10.6. The highest BCUT2D eigenvalue weighted by Gasteiger charge is 2.25. The first kappa shape index (κ1) is 47.5. The van der Waals surface area contributed by atoms with Crippen molar-refractivity contribution in [2.75, 3.05) is 137 Å². The van der Waals surface area contributed by atoms with Gasteiger partial charge in [0.05, 0.1) is 43.8 Å². The van der Waals surface area contributed by atoms with E-state index in [9.17, 15) is 43.8 Å². The second-order valence-electron chi connectivity index (χ2n) is 16.4. The van der Waals surface area contributed by atoms with Gasteiger partial charge < -0.3 is 35.4 Å². The highest BCUT2D eigenvalue weighted by atomic mass is 16.4. The zero-order chi connectivity index (χ0) is 45.4. The van der Waals surface area contributed by atoms with Crippen LogP contribution in [0.3, 0.4) is 0 Å². The van der Waals surface area contributed by atoms with Crippen molar-refractivity contribution in [1.29, 1.82) is 0 Å². The van der Waals surface area contributed by atoms with Crippen LogP contribution in [0.5, 0.6) is 0 Å². The number of carbonyl (C=O) groups is 7. The number of nitrogens with one attached hydrogen (secondary N) is 2. The van der Waals surface area contributed by atoms with Gasteiger partial charge in [-0.25, -0.2) is 0 Å². The Morgan fingerprint density at radius 1 is 0.594 bits per heavy atom. The van der Waals surface area contributed by atoms with Crippen molar-refractivity contribution in [3.8, 4) is 11.1 Å². The number of carbonyl (C=O) groups excluding carboxylic acids is 5. The zero-order valence-electron chi connectivity index (χ0n) is 36.2. The van der Waals surface area contributed by atoms with Gasteiger partial charge >= 0.3 is 11.9 Å². The highest BCUT2D eigenvalue weighted by molar-refractivity contribution is 6.07. The third-order valence-electron chi connectivity index (χ3n) is 12.0. The Kier molecular flexibility index (Phi) is 17.6. The van der Waals surface area contributed by atoms with Gasteiger partial charge in [-0.05, 0) is 42.7 Å². The Morgan fingerprint density at radius 2 is 1.17 bits per heavy atom. The Labute approximate surface area is 372 Å². The molecule has 20 heteroatoms. The topological polar surface area (TPSA) is 232 Å². The van der Waals surface area contributed by atoms with Crippen molar-refractivity contribution in [2.45, 2.75) is 12.8 Å². The standard InChI is InChI=1S/C44H59N11O9/c56-26-25-50-13-15-51(17-18-53(32-42(61)62)20-19-52(16-14-50)31-41(59)60)30-40(58)55-23-21-49(22-24-55)12-9-46-44(64)38-6-4-34(28-47-38)33-3-5-37-36(27-33)35(7-8-45-37)43(63)48-29-39(57)54-10-1-2-11-54/h3-8,26-28H,1-2,9-25,29-32H2,(H,46,64)(H,48,63)(H,59,60)(H,61,62). The van der Waals surface area contributed by atoms with Gasteiger partial charge in [-0.1, -0.05) is 12.1 Å². The zero-order valence-corrected chi connectivity index (χ0v) is 36.2. The molecule has 0 bridgehead atoms. The van der Waals surface area contributed by atoms with Gasteiger partial charge in [-0.2, -0.15) is 0 Å². The predicted octanol–water partition coefficient (Wildman–Crippen LogP) is -0.887. The van der Waals surface area contributed by atoms with E-state index in [1.807, 2.05) is 32.9 Å². The first-order valence-electron chi connectivity index (χ1n) is 21.9. The predicted molar refractivity (Wildman–Crippen MR) is 236 cm³/mol. The fourth-order valence-electron chi connectivity index (χ4n) is 8.21. The summed E-state index contributed by atoms with van der Waals surface area (Å²) in [5.74, 6) is -2.78. The normalized spacial score (nSPS) is 17.9. The molecular formula is C44H59N11O9. The van der Waals surface area contributed by atoms with Crippen LogP contribution in [0.2, 0.25) is 0 Å². The number of rotatable bonds is 16. The van der Waals surface area contributed by atoms with E-state index in [4.69, 9.17) is 0 Å². The molecule has 1 aromatic carbocycles. The summed E-state index contributed by atoms with van der Waals surface area (Å²) in [7, 11) is 0. The van der Waals surface area contributed by atoms with Crippen LogP contribution < -0.4 is 10.6 Å². The lowest BCUT2D eigenvalue weighted by atomic mass is 10.0. The fraction of sp³-hybridized carbons (Fsp3) is 0.523. The number of likely N-dealkylation sites (tertiary alicyclic amines) is 1. The second kappa shape index (κ2) is 23.7. The van der Waals surface area contributed by atoms with E-state index >= 15 is 0 Å². The van der Waals surface area contributed by atoms with Gasteiger partial charge in [-0.3, -0.25) is 63.2 Å². The molecule has 3 aromatic rings. The number of aldehydes is 1. The molecule has 0 spiro atoms. The smallest absolute Gasteiger partial charge is 0.317 e. The minimum Gasteiger partial charge on any atom is -0.480 e. The molecule has 3 aliphatic heterocycles. The maximum Gasteiger partial charge on any atom is 0.317 e. The van der Waals surface area contributed by atoms with Crippen LogP contribution in [-0.4, -0.2) is 234 Å². The van der Waals surface area contributed by atoms with Crippen LogP contribution in [0.15, 0.2) is 48.8 Å². The van der Waals surface area contributed by atoms with Crippen LogP contribution in [0.1, 0.15) is 33.7 Å². The van der Waals surface area contributed by atoms with E-state index in [0.29, 0.717) is 121 Å². The average Bonchev–Trinajstić information content (AvgIpc) is 3.84. The fourth-order valence-corrected chi connectivity index (χ4v) is 8.21. The number of piperazine rings is 1. The Morgan fingerprint density at radius 3 is 1.77 bits per heavy atom. The number of aromatic nitrogens is 2. The number of hydrogen-bond donors (Lipinski definition) is 4. The maximum atomic E-state index is 13.5. The number of amides is 4. The Balaban J connectivity index is 0.955. The summed E-state index contributed by atoms with van der Waals surface area (Å²) in [5.41, 5.74) is 2.83. The number of carboxylic acids is 2.